The number of hydrogen-bond donors (Lipinski definition) is 1. The van der Waals surface area contributed by atoms with Crippen molar-refractivity contribution in [1.82, 2.24) is 4.98 Å². The molecule has 0 radical (unpaired) electrons. The first kappa shape index (κ1) is 13.2. The van der Waals surface area contributed by atoms with Crippen LogP contribution in [0.3, 0.4) is 0 Å². The predicted molar refractivity (Wildman–Crippen MR) is 74.7 cm³/mol. The van der Waals surface area contributed by atoms with Crippen LogP contribution in [0.25, 0.3) is 0 Å². The van der Waals surface area contributed by atoms with Gasteiger partial charge in [0.1, 0.15) is 5.82 Å². The number of hydrogen-bond acceptors (Lipinski definition) is 4. The van der Waals surface area contributed by atoms with Gasteiger partial charge in [-0.2, -0.15) is 11.8 Å². The highest BCUT2D eigenvalue weighted by Crippen LogP contribution is 2.25. The van der Waals surface area contributed by atoms with E-state index in [9.17, 15) is 4.79 Å². The molecule has 1 atom stereocenters. The Bertz CT molecular complexity index is 451. The molecule has 0 aromatic carbocycles. The second kappa shape index (κ2) is 5.61. The van der Waals surface area contributed by atoms with E-state index in [1.54, 1.807) is 13.0 Å². The third-order valence-corrected chi connectivity index (χ3v) is 4.59. The van der Waals surface area contributed by atoms with E-state index in [2.05, 4.69) is 16.8 Å². The van der Waals surface area contributed by atoms with Gasteiger partial charge < -0.3 is 10.0 Å². The molecule has 4 nitrogen and oxygen atoms in total. The minimum absolute atomic E-state index is 0.289. The molecule has 2 rings (SSSR count). The van der Waals surface area contributed by atoms with E-state index < -0.39 is 5.97 Å². The van der Waals surface area contributed by atoms with Crippen molar-refractivity contribution in [2.45, 2.75) is 25.5 Å². The Morgan fingerprint density at radius 2 is 2.39 bits per heavy atom. The van der Waals surface area contributed by atoms with Gasteiger partial charge in [0.25, 0.3) is 0 Å². The Morgan fingerprint density at radius 3 is 3.00 bits per heavy atom. The van der Waals surface area contributed by atoms with E-state index in [1.807, 2.05) is 17.8 Å². The van der Waals surface area contributed by atoms with Gasteiger partial charge >= 0.3 is 5.97 Å². The monoisotopic (exact) mass is 266 g/mol. The van der Waals surface area contributed by atoms with Crippen molar-refractivity contribution in [3.05, 3.63) is 23.4 Å². The second-order valence-corrected chi connectivity index (χ2v) is 5.86. The summed E-state index contributed by atoms with van der Waals surface area (Å²) in [6, 6.07) is 3.47. The van der Waals surface area contributed by atoms with Gasteiger partial charge in [-0.1, -0.05) is 6.92 Å². The van der Waals surface area contributed by atoms with Crippen LogP contribution in [0.2, 0.25) is 0 Å². The number of thioether (sulfide) groups is 1. The maximum absolute atomic E-state index is 11.0. The Balaban J connectivity index is 2.18. The first-order chi connectivity index (χ1) is 8.61. The average molecular weight is 266 g/mol. The van der Waals surface area contributed by atoms with Crippen LogP contribution in [0, 0.1) is 6.92 Å². The molecule has 2 heterocycles. The van der Waals surface area contributed by atoms with Gasteiger partial charge in [-0.15, -0.1) is 0 Å². The fourth-order valence-electron chi connectivity index (χ4n) is 2.12. The van der Waals surface area contributed by atoms with Gasteiger partial charge in [0.2, 0.25) is 0 Å². The molecule has 1 fully saturated rings. The molecule has 1 aromatic heterocycles. The second-order valence-electron chi connectivity index (χ2n) is 4.45. The Hall–Kier alpha value is -1.23. The molecule has 0 bridgehead atoms. The molecule has 1 unspecified atom stereocenters. The minimum Gasteiger partial charge on any atom is -0.478 e. The number of carboxylic acids is 1. The summed E-state index contributed by atoms with van der Waals surface area (Å²) >= 11 is 2.01. The highest BCUT2D eigenvalue weighted by Gasteiger charge is 2.20. The lowest BCUT2D eigenvalue weighted by atomic mass is 10.2. The molecular weight excluding hydrogens is 248 g/mol. The summed E-state index contributed by atoms with van der Waals surface area (Å²) in [6.45, 7) is 5.94. The summed E-state index contributed by atoms with van der Waals surface area (Å²) < 4.78 is 0. The molecule has 98 valence electrons. The Labute approximate surface area is 111 Å². The minimum atomic E-state index is -0.910. The zero-order valence-corrected chi connectivity index (χ0v) is 11.5. The number of rotatable bonds is 3. The van der Waals surface area contributed by atoms with E-state index in [1.165, 1.54) is 0 Å². The van der Waals surface area contributed by atoms with E-state index in [-0.39, 0.29) is 5.56 Å². The fourth-order valence-corrected chi connectivity index (χ4v) is 3.30. The number of aromatic carboxylic acids is 1. The molecule has 0 saturated carbocycles. The van der Waals surface area contributed by atoms with Gasteiger partial charge in [0, 0.05) is 24.1 Å². The summed E-state index contributed by atoms with van der Waals surface area (Å²) in [6.07, 6.45) is 1.16. The van der Waals surface area contributed by atoms with Gasteiger partial charge in [0.15, 0.2) is 0 Å². The van der Waals surface area contributed by atoms with Gasteiger partial charge in [-0.25, -0.2) is 9.78 Å². The summed E-state index contributed by atoms with van der Waals surface area (Å²) in [5.41, 5.74) is 0.878. The van der Waals surface area contributed by atoms with Crippen LogP contribution < -0.4 is 4.90 Å². The molecule has 0 spiro atoms. The quantitative estimate of drug-likeness (QED) is 0.910. The van der Waals surface area contributed by atoms with E-state index in [0.29, 0.717) is 10.9 Å². The highest BCUT2D eigenvalue weighted by molar-refractivity contribution is 8.00. The SMILES string of the molecule is CCC1CN(c2ccc(C(=O)O)c(C)n2)CCS1. The van der Waals surface area contributed by atoms with Crippen LogP contribution in [0.4, 0.5) is 5.82 Å². The van der Waals surface area contributed by atoms with E-state index in [0.717, 1.165) is 31.1 Å². The van der Waals surface area contributed by atoms with Crippen molar-refractivity contribution in [2.75, 3.05) is 23.7 Å². The Kier molecular flexibility index (Phi) is 4.11. The van der Waals surface area contributed by atoms with Gasteiger partial charge in [-0.05, 0) is 25.5 Å². The molecule has 1 aliphatic heterocycles. The maximum atomic E-state index is 11.0. The average Bonchev–Trinajstić information content (AvgIpc) is 2.38. The standard InChI is InChI=1S/C13H18N2O2S/c1-3-10-8-15(6-7-18-10)12-5-4-11(13(16)17)9(2)14-12/h4-5,10H,3,6-8H2,1-2H3,(H,16,17). The molecule has 1 N–H and O–H groups in total. The lowest BCUT2D eigenvalue weighted by molar-refractivity contribution is 0.0695. The van der Waals surface area contributed by atoms with Crippen molar-refractivity contribution in [1.29, 1.82) is 0 Å². The number of carbonyl (C=O) groups is 1. The van der Waals surface area contributed by atoms with Crippen molar-refractivity contribution >= 4 is 23.5 Å². The topological polar surface area (TPSA) is 53.4 Å². The van der Waals surface area contributed by atoms with Crippen molar-refractivity contribution in [3.8, 4) is 0 Å². The highest BCUT2D eigenvalue weighted by atomic mass is 32.2. The molecule has 0 aliphatic carbocycles. The van der Waals surface area contributed by atoms with Crippen LogP contribution in [0.5, 0.6) is 0 Å². The van der Waals surface area contributed by atoms with Crippen LogP contribution in [-0.4, -0.2) is 40.2 Å². The first-order valence-electron chi connectivity index (χ1n) is 6.19. The fraction of sp³-hybridized carbons (Fsp3) is 0.538. The third-order valence-electron chi connectivity index (χ3n) is 3.22. The van der Waals surface area contributed by atoms with Crippen molar-refractivity contribution < 1.29 is 9.90 Å². The first-order valence-corrected chi connectivity index (χ1v) is 7.24. The number of nitrogens with zero attached hydrogens (tertiary/aromatic N) is 2. The molecule has 5 heteroatoms. The maximum Gasteiger partial charge on any atom is 0.337 e. The molecule has 18 heavy (non-hydrogen) atoms. The third kappa shape index (κ3) is 2.77. The zero-order valence-electron chi connectivity index (χ0n) is 10.7. The van der Waals surface area contributed by atoms with Gasteiger partial charge in [-0.3, -0.25) is 0 Å². The largest absolute Gasteiger partial charge is 0.478 e. The summed E-state index contributed by atoms with van der Waals surface area (Å²) in [5, 5.41) is 9.64. The number of pyridine rings is 1. The summed E-state index contributed by atoms with van der Waals surface area (Å²) in [4.78, 5) is 17.6. The van der Waals surface area contributed by atoms with Crippen LogP contribution >= 0.6 is 11.8 Å². The van der Waals surface area contributed by atoms with E-state index >= 15 is 0 Å². The molecule has 1 aliphatic rings. The predicted octanol–water partition coefficient (Wildman–Crippen LogP) is 2.42. The van der Waals surface area contributed by atoms with E-state index in [4.69, 9.17) is 5.11 Å². The normalized spacial score (nSPS) is 19.9. The molecule has 0 amide bonds. The molecule has 1 aromatic rings. The zero-order chi connectivity index (χ0) is 13.1. The number of carboxylic acid groups (broad SMARTS) is 1. The van der Waals surface area contributed by atoms with Gasteiger partial charge in [0.05, 0.1) is 11.3 Å². The van der Waals surface area contributed by atoms with Crippen molar-refractivity contribution in [3.63, 3.8) is 0 Å². The summed E-state index contributed by atoms with van der Waals surface area (Å²) in [7, 11) is 0. The van der Waals surface area contributed by atoms with Crippen LogP contribution in [-0.2, 0) is 0 Å². The summed E-state index contributed by atoms with van der Waals surface area (Å²) in [5.74, 6) is 1.10. The number of aromatic nitrogens is 1. The molecule has 1 saturated heterocycles. The van der Waals surface area contributed by atoms with Crippen molar-refractivity contribution in [2.24, 2.45) is 0 Å². The van der Waals surface area contributed by atoms with Crippen LogP contribution in [0.1, 0.15) is 29.4 Å². The lowest BCUT2D eigenvalue weighted by Crippen LogP contribution is -2.38. The molecular formula is C13H18N2O2S. The van der Waals surface area contributed by atoms with Crippen LogP contribution in [0.15, 0.2) is 12.1 Å². The number of anilines is 1. The Morgan fingerprint density at radius 1 is 1.61 bits per heavy atom. The lowest BCUT2D eigenvalue weighted by Gasteiger charge is -2.33. The number of aryl methyl sites for hydroxylation is 1. The smallest absolute Gasteiger partial charge is 0.337 e.